The number of nitro groups is 1. The Balaban J connectivity index is 1.65. The average Bonchev–Trinajstić information content (AvgIpc) is 2.89. The molecule has 10 heteroatoms. The quantitative estimate of drug-likeness (QED) is 0.232. The Kier molecular flexibility index (Phi) is 9.58. The molecule has 2 N–H and O–H groups in total. The fourth-order valence-corrected chi connectivity index (χ4v) is 4.15. The molecule has 3 rings (SSSR count). The van der Waals surface area contributed by atoms with E-state index < -0.39 is 22.8 Å². The molecule has 0 fully saturated rings. The normalized spacial score (nSPS) is 11.6. The first-order valence-corrected chi connectivity index (χ1v) is 12.3. The van der Waals surface area contributed by atoms with Crippen LogP contribution in [0.15, 0.2) is 84.0 Å². The van der Waals surface area contributed by atoms with Crippen molar-refractivity contribution in [2.24, 2.45) is 5.10 Å². The van der Waals surface area contributed by atoms with Gasteiger partial charge in [0.15, 0.2) is 0 Å². The second-order valence-corrected chi connectivity index (χ2v) is 9.08. The van der Waals surface area contributed by atoms with Crippen molar-refractivity contribution in [1.82, 2.24) is 10.7 Å². The summed E-state index contributed by atoms with van der Waals surface area (Å²) in [6, 6.07) is 21.8. The highest BCUT2D eigenvalue weighted by Gasteiger charge is 2.22. The monoisotopic (exact) mass is 505 g/mol. The van der Waals surface area contributed by atoms with Crippen molar-refractivity contribution in [3.63, 3.8) is 0 Å². The molecule has 2 amide bonds. The molecule has 3 aromatic rings. The van der Waals surface area contributed by atoms with Crippen molar-refractivity contribution in [3.05, 3.63) is 106 Å². The molecule has 0 saturated heterocycles. The molecule has 0 aromatic heterocycles. The van der Waals surface area contributed by atoms with Gasteiger partial charge in [-0.15, -0.1) is 0 Å². The van der Waals surface area contributed by atoms with E-state index in [1.807, 2.05) is 73.6 Å². The van der Waals surface area contributed by atoms with Crippen LogP contribution < -0.4 is 15.6 Å². The van der Waals surface area contributed by atoms with Gasteiger partial charge in [-0.25, -0.2) is 5.43 Å². The van der Waals surface area contributed by atoms with Gasteiger partial charge in [-0.1, -0.05) is 42.5 Å². The number of amides is 2. The number of hydrazone groups is 1. The van der Waals surface area contributed by atoms with Gasteiger partial charge in [-0.05, 0) is 35.4 Å². The number of nitro benzene ring substituents is 1. The zero-order valence-corrected chi connectivity index (χ0v) is 20.8. The molecule has 0 radical (unpaired) electrons. The minimum absolute atomic E-state index is 0.118. The summed E-state index contributed by atoms with van der Waals surface area (Å²) in [5.41, 5.74) is 5.55. The van der Waals surface area contributed by atoms with E-state index in [4.69, 9.17) is 0 Å². The van der Waals surface area contributed by atoms with Crippen LogP contribution >= 0.6 is 11.8 Å². The maximum atomic E-state index is 12.9. The SMILES string of the molecule is CN(C)c1ccc(/C=N\NC(=O)[C@H](CSCc2ccccc2)NC(=O)c2ccc([N+](=O)[O-])cc2)cc1. The molecule has 0 aliphatic carbocycles. The lowest BCUT2D eigenvalue weighted by molar-refractivity contribution is -0.384. The number of hydrogen-bond acceptors (Lipinski definition) is 7. The Morgan fingerprint density at radius 2 is 1.69 bits per heavy atom. The Bertz CT molecular complexity index is 1200. The first kappa shape index (κ1) is 26.4. The number of non-ortho nitro benzene ring substituents is 1. The lowest BCUT2D eigenvalue weighted by Gasteiger charge is -2.17. The summed E-state index contributed by atoms with van der Waals surface area (Å²) in [6.45, 7) is 0. The Labute approximate surface area is 213 Å². The second kappa shape index (κ2) is 13.1. The molecule has 36 heavy (non-hydrogen) atoms. The van der Waals surface area contributed by atoms with Gasteiger partial charge in [0.25, 0.3) is 17.5 Å². The van der Waals surface area contributed by atoms with Crippen LogP contribution in [0.5, 0.6) is 0 Å². The molecule has 1 atom stereocenters. The van der Waals surface area contributed by atoms with E-state index >= 15 is 0 Å². The third-order valence-electron chi connectivity index (χ3n) is 5.16. The minimum Gasteiger partial charge on any atom is -0.378 e. The van der Waals surface area contributed by atoms with E-state index in [-0.39, 0.29) is 11.3 Å². The van der Waals surface area contributed by atoms with Crippen LogP contribution in [0.4, 0.5) is 11.4 Å². The summed E-state index contributed by atoms with van der Waals surface area (Å²) >= 11 is 1.50. The third kappa shape index (κ3) is 7.95. The predicted octanol–water partition coefficient (Wildman–Crippen LogP) is 3.84. The van der Waals surface area contributed by atoms with Crippen LogP contribution in [-0.4, -0.2) is 48.8 Å². The number of carbonyl (C=O) groups excluding carboxylic acids is 2. The zero-order chi connectivity index (χ0) is 25.9. The zero-order valence-electron chi connectivity index (χ0n) is 20.0. The molecular formula is C26H27N5O4S. The Morgan fingerprint density at radius 3 is 2.31 bits per heavy atom. The fourth-order valence-electron chi connectivity index (χ4n) is 3.13. The topological polar surface area (TPSA) is 117 Å². The van der Waals surface area contributed by atoms with Crippen LogP contribution in [0.25, 0.3) is 0 Å². The van der Waals surface area contributed by atoms with E-state index in [1.54, 1.807) is 0 Å². The molecular weight excluding hydrogens is 478 g/mol. The standard InChI is InChI=1S/C26H27N5O4S/c1-30(2)22-12-8-19(9-13-22)16-27-29-26(33)24(18-36-17-20-6-4-3-5-7-20)28-25(32)21-10-14-23(15-11-21)31(34)35/h3-16,24H,17-18H2,1-2H3,(H,28,32)(H,29,33)/b27-16-/t24-/m0/s1. The van der Waals surface area contributed by atoms with Crippen molar-refractivity contribution >= 4 is 41.2 Å². The first-order valence-electron chi connectivity index (χ1n) is 11.1. The highest BCUT2D eigenvalue weighted by Crippen LogP contribution is 2.15. The highest BCUT2D eigenvalue weighted by atomic mass is 32.2. The Hall–Kier alpha value is -4.18. The molecule has 0 spiro atoms. The van der Waals surface area contributed by atoms with Gasteiger partial charge in [-0.2, -0.15) is 16.9 Å². The van der Waals surface area contributed by atoms with Crippen molar-refractivity contribution in [2.45, 2.75) is 11.8 Å². The summed E-state index contributed by atoms with van der Waals surface area (Å²) in [5, 5.41) is 17.6. The van der Waals surface area contributed by atoms with E-state index in [2.05, 4.69) is 15.8 Å². The first-order chi connectivity index (χ1) is 17.3. The van der Waals surface area contributed by atoms with Gasteiger partial charge >= 0.3 is 0 Å². The van der Waals surface area contributed by atoms with Gasteiger partial charge in [0, 0.05) is 49.0 Å². The molecule has 186 valence electrons. The number of carbonyl (C=O) groups is 2. The van der Waals surface area contributed by atoms with Gasteiger partial charge in [0.1, 0.15) is 6.04 Å². The lowest BCUT2D eigenvalue weighted by atomic mass is 10.2. The van der Waals surface area contributed by atoms with Crippen LogP contribution in [0, 0.1) is 10.1 Å². The van der Waals surface area contributed by atoms with Gasteiger partial charge in [-0.3, -0.25) is 19.7 Å². The fraction of sp³-hybridized carbons (Fsp3) is 0.192. The molecule has 0 heterocycles. The van der Waals surface area contributed by atoms with Gasteiger partial charge in [0.2, 0.25) is 0 Å². The van der Waals surface area contributed by atoms with Crippen LogP contribution in [-0.2, 0) is 10.5 Å². The van der Waals surface area contributed by atoms with Crippen molar-refractivity contribution < 1.29 is 14.5 Å². The largest absolute Gasteiger partial charge is 0.378 e. The maximum absolute atomic E-state index is 12.9. The minimum atomic E-state index is -0.866. The molecule has 3 aromatic carbocycles. The summed E-state index contributed by atoms with van der Waals surface area (Å²) < 4.78 is 0. The van der Waals surface area contributed by atoms with Gasteiger partial charge < -0.3 is 10.2 Å². The number of nitrogens with zero attached hydrogens (tertiary/aromatic N) is 3. The third-order valence-corrected chi connectivity index (χ3v) is 6.26. The average molecular weight is 506 g/mol. The van der Waals surface area contributed by atoms with Gasteiger partial charge in [0.05, 0.1) is 11.1 Å². The number of hydrogen-bond donors (Lipinski definition) is 2. The van der Waals surface area contributed by atoms with Crippen molar-refractivity contribution in [3.8, 4) is 0 Å². The summed E-state index contributed by atoms with van der Waals surface area (Å²) in [5.74, 6) is 0.00652. The van der Waals surface area contributed by atoms with Crippen LogP contribution in [0.2, 0.25) is 0 Å². The lowest BCUT2D eigenvalue weighted by Crippen LogP contribution is -2.47. The Morgan fingerprint density at radius 1 is 1.03 bits per heavy atom. The van der Waals surface area contributed by atoms with Crippen LogP contribution in [0.1, 0.15) is 21.5 Å². The molecule has 0 aliphatic heterocycles. The highest BCUT2D eigenvalue weighted by molar-refractivity contribution is 7.98. The number of nitrogens with one attached hydrogen (secondary N) is 2. The van der Waals surface area contributed by atoms with E-state index in [0.717, 1.165) is 16.8 Å². The molecule has 0 aliphatic rings. The number of anilines is 1. The second-order valence-electron chi connectivity index (χ2n) is 8.05. The van der Waals surface area contributed by atoms with E-state index in [0.29, 0.717) is 11.5 Å². The summed E-state index contributed by atoms with van der Waals surface area (Å²) in [4.78, 5) is 37.9. The molecule has 0 saturated carbocycles. The maximum Gasteiger partial charge on any atom is 0.269 e. The molecule has 0 unspecified atom stereocenters. The smallest absolute Gasteiger partial charge is 0.269 e. The van der Waals surface area contributed by atoms with Crippen molar-refractivity contribution in [2.75, 3.05) is 24.7 Å². The molecule has 9 nitrogen and oxygen atoms in total. The number of benzene rings is 3. The predicted molar refractivity (Wildman–Crippen MR) is 143 cm³/mol. The van der Waals surface area contributed by atoms with E-state index in [1.165, 1.54) is 42.2 Å². The van der Waals surface area contributed by atoms with Crippen LogP contribution in [0.3, 0.4) is 0 Å². The number of rotatable bonds is 11. The number of thioether (sulfide) groups is 1. The van der Waals surface area contributed by atoms with Crippen molar-refractivity contribution in [1.29, 1.82) is 0 Å². The summed E-state index contributed by atoms with van der Waals surface area (Å²) in [6.07, 6.45) is 1.53. The van der Waals surface area contributed by atoms with E-state index in [9.17, 15) is 19.7 Å². The summed E-state index contributed by atoms with van der Waals surface area (Å²) in [7, 11) is 3.90. The molecule has 0 bridgehead atoms.